The van der Waals surface area contributed by atoms with Gasteiger partial charge in [0.05, 0.1) is 10.2 Å². The van der Waals surface area contributed by atoms with E-state index in [1.54, 1.807) is 11.3 Å². The molecule has 0 aliphatic heterocycles. The van der Waals surface area contributed by atoms with E-state index < -0.39 is 0 Å². The maximum absolute atomic E-state index is 6.14. The van der Waals surface area contributed by atoms with Gasteiger partial charge in [0.1, 0.15) is 5.01 Å². The molecule has 17 heavy (non-hydrogen) atoms. The highest BCUT2D eigenvalue weighted by Crippen LogP contribution is 2.31. The van der Waals surface area contributed by atoms with Crippen molar-refractivity contribution in [1.82, 2.24) is 4.98 Å². The summed E-state index contributed by atoms with van der Waals surface area (Å²) < 4.78 is 1.21. The number of hydrogen-bond donors (Lipinski definition) is 0. The molecule has 0 amide bonds. The van der Waals surface area contributed by atoms with E-state index in [1.807, 2.05) is 37.3 Å². The molecule has 0 saturated carbocycles. The first-order valence-electron chi connectivity index (χ1n) is 5.36. The quantitative estimate of drug-likeness (QED) is 0.604. The zero-order valence-electron chi connectivity index (χ0n) is 9.27. The molecule has 0 spiro atoms. The summed E-state index contributed by atoms with van der Waals surface area (Å²) in [4.78, 5) is 4.61. The molecule has 3 aromatic rings. The average molecular weight is 260 g/mol. The fraction of sp³-hybridized carbons (Fsp3) is 0.0714. The molecule has 0 N–H and O–H groups in total. The van der Waals surface area contributed by atoms with Crippen LogP contribution in [-0.4, -0.2) is 4.98 Å². The SMILES string of the molecule is Cc1ccc(-c2nc3ccccc3s2)cc1Cl. The molecule has 1 aromatic heterocycles. The summed E-state index contributed by atoms with van der Waals surface area (Å²) in [5, 5.41) is 1.81. The van der Waals surface area contributed by atoms with Crippen LogP contribution in [0.5, 0.6) is 0 Å². The van der Waals surface area contributed by atoms with Crippen molar-refractivity contribution in [2.75, 3.05) is 0 Å². The number of rotatable bonds is 1. The molecule has 1 nitrogen and oxygen atoms in total. The van der Waals surface area contributed by atoms with E-state index in [4.69, 9.17) is 11.6 Å². The lowest BCUT2D eigenvalue weighted by Gasteiger charge is -1.99. The number of thiazole rings is 1. The van der Waals surface area contributed by atoms with Crippen LogP contribution < -0.4 is 0 Å². The van der Waals surface area contributed by atoms with Crippen LogP contribution >= 0.6 is 22.9 Å². The summed E-state index contributed by atoms with van der Waals surface area (Å²) in [6.07, 6.45) is 0. The fourth-order valence-electron chi connectivity index (χ4n) is 1.72. The maximum Gasteiger partial charge on any atom is 0.124 e. The minimum absolute atomic E-state index is 0.793. The number of aromatic nitrogens is 1. The number of benzene rings is 2. The zero-order chi connectivity index (χ0) is 11.8. The van der Waals surface area contributed by atoms with Crippen molar-refractivity contribution >= 4 is 33.2 Å². The molecule has 0 aliphatic carbocycles. The van der Waals surface area contributed by atoms with Crippen molar-refractivity contribution in [2.24, 2.45) is 0 Å². The van der Waals surface area contributed by atoms with E-state index in [9.17, 15) is 0 Å². The van der Waals surface area contributed by atoms with Crippen LogP contribution in [0.15, 0.2) is 42.5 Å². The summed E-state index contributed by atoms with van der Waals surface area (Å²) in [6, 6.07) is 14.2. The van der Waals surface area contributed by atoms with Gasteiger partial charge in [0.2, 0.25) is 0 Å². The van der Waals surface area contributed by atoms with E-state index in [0.29, 0.717) is 0 Å². The van der Waals surface area contributed by atoms with E-state index in [2.05, 4.69) is 17.1 Å². The van der Waals surface area contributed by atoms with Gasteiger partial charge >= 0.3 is 0 Å². The van der Waals surface area contributed by atoms with Crippen LogP contribution in [0.3, 0.4) is 0 Å². The first kappa shape index (κ1) is 10.8. The first-order valence-corrected chi connectivity index (χ1v) is 6.55. The Labute approximate surface area is 109 Å². The third-order valence-corrected chi connectivity index (χ3v) is 4.21. The summed E-state index contributed by atoms with van der Waals surface area (Å²) in [5.74, 6) is 0. The highest BCUT2D eigenvalue weighted by Gasteiger charge is 2.06. The van der Waals surface area contributed by atoms with E-state index >= 15 is 0 Å². The second-order valence-corrected chi connectivity index (χ2v) is 5.39. The Bertz CT molecular complexity index is 655. The number of halogens is 1. The van der Waals surface area contributed by atoms with Crippen LogP contribution in [0.25, 0.3) is 20.8 Å². The van der Waals surface area contributed by atoms with Crippen LogP contribution in [0.2, 0.25) is 5.02 Å². The number of hydrogen-bond acceptors (Lipinski definition) is 2. The molecule has 1 heterocycles. The standard InChI is InChI=1S/C14H10ClNS/c1-9-6-7-10(8-11(9)15)14-16-12-4-2-3-5-13(12)17-14/h2-8H,1H3. The normalized spacial score (nSPS) is 10.9. The van der Waals surface area contributed by atoms with Crippen molar-refractivity contribution in [1.29, 1.82) is 0 Å². The lowest BCUT2D eigenvalue weighted by Crippen LogP contribution is -1.79. The molecule has 0 bridgehead atoms. The molecule has 0 aliphatic rings. The van der Waals surface area contributed by atoms with Crippen LogP contribution in [-0.2, 0) is 0 Å². The van der Waals surface area contributed by atoms with Crippen LogP contribution in [0, 0.1) is 6.92 Å². The molecule has 2 aromatic carbocycles. The monoisotopic (exact) mass is 259 g/mol. The predicted octanol–water partition coefficient (Wildman–Crippen LogP) is 4.93. The minimum atomic E-state index is 0.793. The number of nitrogens with zero attached hydrogens (tertiary/aromatic N) is 1. The number of aryl methyl sites for hydroxylation is 1. The Kier molecular flexibility index (Phi) is 2.61. The lowest BCUT2D eigenvalue weighted by atomic mass is 10.1. The Morgan fingerprint density at radius 2 is 1.94 bits per heavy atom. The van der Waals surface area contributed by atoms with Gasteiger partial charge < -0.3 is 0 Å². The first-order chi connectivity index (χ1) is 8.24. The molecular weight excluding hydrogens is 250 g/mol. The molecule has 0 unspecified atom stereocenters. The molecule has 84 valence electrons. The fourth-order valence-corrected chi connectivity index (χ4v) is 2.86. The molecule has 0 atom stereocenters. The van der Waals surface area contributed by atoms with Gasteiger partial charge in [0.25, 0.3) is 0 Å². The predicted molar refractivity (Wildman–Crippen MR) is 74.8 cm³/mol. The van der Waals surface area contributed by atoms with Gasteiger partial charge in [-0.05, 0) is 30.7 Å². The summed E-state index contributed by atoms with van der Waals surface area (Å²) in [7, 11) is 0. The van der Waals surface area contributed by atoms with Gasteiger partial charge in [-0.1, -0.05) is 35.9 Å². The second-order valence-electron chi connectivity index (χ2n) is 3.95. The zero-order valence-corrected chi connectivity index (χ0v) is 10.8. The van der Waals surface area contributed by atoms with Crippen molar-refractivity contribution < 1.29 is 0 Å². The van der Waals surface area contributed by atoms with Crippen LogP contribution in [0.4, 0.5) is 0 Å². The number of fused-ring (bicyclic) bond motifs is 1. The van der Waals surface area contributed by atoms with Gasteiger partial charge in [-0.25, -0.2) is 4.98 Å². The van der Waals surface area contributed by atoms with Gasteiger partial charge in [0.15, 0.2) is 0 Å². The largest absolute Gasteiger partial charge is 0.236 e. The van der Waals surface area contributed by atoms with Crippen LogP contribution in [0.1, 0.15) is 5.56 Å². The highest BCUT2D eigenvalue weighted by atomic mass is 35.5. The molecular formula is C14H10ClNS. The Morgan fingerprint density at radius 1 is 1.12 bits per heavy atom. The summed E-state index contributed by atoms with van der Waals surface area (Å²) >= 11 is 7.83. The number of para-hydroxylation sites is 1. The Hall–Kier alpha value is -1.38. The van der Waals surface area contributed by atoms with E-state index in [1.165, 1.54) is 4.70 Å². The van der Waals surface area contributed by atoms with Gasteiger partial charge in [-0.15, -0.1) is 11.3 Å². The molecule has 3 rings (SSSR count). The lowest BCUT2D eigenvalue weighted by molar-refractivity contribution is 1.44. The minimum Gasteiger partial charge on any atom is -0.236 e. The molecule has 0 saturated heterocycles. The average Bonchev–Trinajstić information content (AvgIpc) is 2.76. The second kappa shape index (κ2) is 4.13. The smallest absolute Gasteiger partial charge is 0.124 e. The highest BCUT2D eigenvalue weighted by molar-refractivity contribution is 7.21. The van der Waals surface area contributed by atoms with Crippen molar-refractivity contribution in [3.05, 3.63) is 53.1 Å². The summed E-state index contributed by atoms with van der Waals surface area (Å²) in [6.45, 7) is 2.00. The Balaban J connectivity index is 2.17. The van der Waals surface area contributed by atoms with Gasteiger partial charge in [-0.2, -0.15) is 0 Å². The van der Waals surface area contributed by atoms with Crippen molar-refractivity contribution in [3.8, 4) is 10.6 Å². The third kappa shape index (κ3) is 1.94. The van der Waals surface area contributed by atoms with Gasteiger partial charge in [-0.3, -0.25) is 0 Å². The summed E-state index contributed by atoms with van der Waals surface area (Å²) in [5.41, 5.74) is 3.22. The van der Waals surface area contributed by atoms with E-state index in [-0.39, 0.29) is 0 Å². The third-order valence-electron chi connectivity index (χ3n) is 2.71. The Morgan fingerprint density at radius 3 is 2.71 bits per heavy atom. The molecule has 0 fully saturated rings. The van der Waals surface area contributed by atoms with E-state index in [0.717, 1.165) is 26.7 Å². The molecule has 0 radical (unpaired) electrons. The topological polar surface area (TPSA) is 12.9 Å². The molecule has 3 heteroatoms. The van der Waals surface area contributed by atoms with Crippen molar-refractivity contribution in [2.45, 2.75) is 6.92 Å². The maximum atomic E-state index is 6.14. The van der Waals surface area contributed by atoms with Crippen molar-refractivity contribution in [3.63, 3.8) is 0 Å². The van der Waals surface area contributed by atoms with Gasteiger partial charge in [0, 0.05) is 10.6 Å².